The lowest BCUT2D eigenvalue weighted by atomic mass is 9.73. The van der Waals surface area contributed by atoms with Crippen LogP contribution < -0.4 is 0 Å². The van der Waals surface area contributed by atoms with E-state index in [2.05, 4.69) is 18.8 Å². The largest absolute Gasteiger partial charge is 0.476 e. The molecule has 1 aromatic rings. The summed E-state index contributed by atoms with van der Waals surface area (Å²) in [5.41, 5.74) is 0.688. The first-order chi connectivity index (χ1) is 7.89. The van der Waals surface area contributed by atoms with Crippen molar-refractivity contribution in [3.8, 4) is 0 Å². The van der Waals surface area contributed by atoms with E-state index in [0.29, 0.717) is 11.3 Å². The van der Waals surface area contributed by atoms with Crippen molar-refractivity contribution in [2.45, 2.75) is 52.4 Å². The van der Waals surface area contributed by atoms with Crippen LogP contribution in [0.3, 0.4) is 0 Å². The van der Waals surface area contributed by atoms with Gasteiger partial charge >= 0.3 is 5.97 Å². The molecule has 4 heteroatoms. The predicted octanol–water partition coefficient (Wildman–Crippen LogP) is 3.83. The van der Waals surface area contributed by atoms with Gasteiger partial charge in [-0.1, -0.05) is 13.8 Å². The number of carboxylic acid groups (broad SMARTS) is 1. The van der Waals surface area contributed by atoms with E-state index in [1.165, 1.54) is 12.8 Å². The number of aromatic nitrogens is 1. The molecule has 0 amide bonds. The topological polar surface area (TPSA) is 50.2 Å². The first-order valence-corrected chi connectivity index (χ1v) is 6.91. The second kappa shape index (κ2) is 4.41. The quantitative estimate of drug-likeness (QED) is 0.871. The van der Waals surface area contributed by atoms with Crippen molar-refractivity contribution >= 4 is 17.3 Å². The third-order valence-corrected chi connectivity index (χ3v) is 4.84. The van der Waals surface area contributed by atoms with Gasteiger partial charge in [0.2, 0.25) is 0 Å². The van der Waals surface area contributed by atoms with Crippen LogP contribution >= 0.6 is 11.3 Å². The molecule has 1 heterocycles. The molecular formula is C13H19NO2S. The van der Waals surface area contributed by atoms with Gasteiger partial charge < -0.3 is 5.11 Å². The number of hydrogen-bond donors (Lipinski definition) is 1. The maximum absolute atomic E-state index is 11.0. The monoisotopic (exact) mass is 253 g/mol. The van der Waals surface area contributed by atoms with Crippen LogP contribution in [-0.4, -0.2) is 16.1 Å². The number of nitrogens with zero attached hydrogens (tertiary/aromatic N) is 1. The van der Waals surface area contributed by atoms with Gasteiger partial charge in [0, 0.05) is 10.8 Å². The van der Waals surface area contributed by atoms with E-state index in [4.69, 9.17) is 5.11 Å². The van der Waals surface area contributed by atoms with E-state index in [0.717, 1.165) is 22.7 Å². The Morgan fingerprint density at radius 3 is 2.47 bits per heavy atom. The van der Waals surface area contributed by atoms with Crippen molar-refractivity contribution in [3.05, 3.63) is 15.6 Å². The number of carboxylic acids is 1. The molecule has 1 saturated carbocycles. The molecule has 0 bridgehead atoms. The van der Waals surface area contributed by atoms with Gasteiger partial charge in [-0.15, -0.1) is 11.3 Å². The molecule has 17 heavy (non-hydrogen) atoms. The fourth-order valence-electron chi connectivity index (χ4n) is 2.44. The Kier molecular flexibility index (Phi) is 3.25. The van der Waals surface area contributed by atoms with Gasteiger partial charge in [-0.05, 0) is 38.0 Å². The van der Waals surface area contributed by atoms with Gasteiger partial charge in [-0.2, -0.15) is 0 Å². The molecule has 2 rings (SSSR count). The molecule has 1 aliphatic rings. The molecule has 0 radical (unpaired) electrons. The Labute approximate surface area is 106 Å². The summed E-state index contributed by atoms with van der Waals surface area (Å²) in [4.78, 5) is 16.1. The zero-order chi connectivity index (χ0) is 12.6. The van der Waals surface area contributed by atoms with E-state index in [1.54, 1.807) is 11.3 Å². The van der Waals surface area contributed by atoms with Crippen LogP contribution in [0, 0.1) is 12.3 Å². The normalized spacial score (nSPS) is 20.4. The number of carbonyl (C=O) groups is 1. The molecule has 3 nitrogen and oxygen atoms in total. The molecule has 1 fully saturated rings. The summed E-state index contributed by atoms with van der Waals surface area (Å²) in [6.45, 7) is 6.45. The SMILES string of the molecule is Cc1sc(C2CCC(C)(C)CC2)nc1C(=O)O. The van der Waals surface area contributed by atoms with Crippen LogP contribution in [0.15, 0.2) is 0 Å². The summed E-state index contributed by atoms with van der Waals surface area (Å²) in [5, 5.41) is 10.0. The molecule has 94 valence electrons. The Balaban J connectivity index is 2.14. The number of hydrogen-bond acceptors (Lipinski definition) is 3. The van der Waals surface area contributed by atoms with Crippen LogP contribution in [0.25, 0.3) is 0 Å². The maximum Gasteiger partial charge on any atom is 0.355 e. The second-order valence-corrected chi connectivity index (χ2v) is 6.94. The Hall–Kier alpha value is -0.900. The first kappa shape index (κ1) is 12.6. The molecule has 0 aromatic carbocycles. The highest BCUT2D eigenvalue weighted by molar-refractivity contribution is 7.12. The summed E-state index contributed by atoms with van der Waals surface area (Å²) >= 11 is 1.56. The molecular weight excluding hydrogens is 234 g/mol. The fourth-order valence-corrected chi connectivity index (χ4v) is 3.52. The Bertz CT molecular complexity index is 427. The fraction of sp³-hybridized carbons (Fsp3) is 0.692. The van der Waals surface area contributed by atoms with Crippen molar-refractivity contribution in [3.63, 3.8) is 0 Å². The van der Waals surface area contributed by atoms with Gasteiger partial charge in [-0.3, -0.25) is 0 Å². The Morgan fingerprint density at radius 1 is 1.41 bits per heavy atom. The van der Waals surface area contributed by atoms with Crippen molar-refractivity contribution in [1.29, 1.82) is 0 Å². The van der Waals surface area contributed by atoms with Crippen LogP contribution in [-0.2, 0) is 0 Å². The van der Waals surface area contributed by atoms with Gasteiger partial charge in [0.1, 0.15) is 0 Å². The minimum absolute atomic E-state index is 0.245. The average molecular weight is 253 g/mol. The smallest absolute Gasteiger partial charge is 0.355 e. The van der Waals surface area contributed by atoms with Crippen LogP contribution in [0.5, 0.6) is 0 Å². The Morgan fingerprint density at radius 2 is 2.00 bits per heavy atom. The summed E-state index contributed by atoms with van der Waals surface area (Å²) in [7, 11) is 0. The minimum Gasteiger partial charge on any atom is -0.476 e. The molecule has 1 aliphatic carbocycles. The second-order valence-electron chi connectivity index (χ2n) is 5.70. The van der Waals surface area contributed by atoms with Crippen molar-refractivity contribution in [2.24, 2.45) is 5.41 Å². The number of aromatic carboxylic acids is 1. The van der Waals surface area contributed by atoms with E-state index in [-0.39, 0.29) is 5.69 Å². The molecule has 1 N–H and O–H groups in total. The van der Waals surface area contributed by atoms with Gasteiger partial charge in [0.05, 0.1) is 5.01 Å². The van der Waals surface area contributed by atoms with E-state index < -0.39 is 5.97 Å². The van der Waals surface area contributed by atoms with E-state index >= 15 is 0 Å². The summed E-state index contributed by atoms with van der Waals surface area (Å²) in [6.07, 6.45) is 4.69. The molecule has 0 unspecified atom stereocenters. The first-order valence-electron chi connectivity index (χ1n) is 6.10. The van der Waals surface area contributed by atoms with Crippen LogP contribution in [0.4, 0.5) is 0 Å². The summed E-state index contributed by atoms with van der Waals surface area (Å²) in [5.74, 6) is -0.430. The zero-order valence-corrected chi connectivity index (χ0v) is 11.4. The van der Waals surface area contributed by atoms with Crippen molar-refractivity contribution < 1.29 is 9.90 Å². The average Bonchev–Trinajstić information content (AvgIpc) is 2.60. The number of aryl methyl sites for hydroxylation is 1. The van der Waals surface area contributed by atoms with Crippen LogP contribution in [0.2, 0.25) is 0 Å². The predicted molar refractivity (Wildman–Crippen MR) is 68.8 cm³/mol. The molecule has 0 aliphatic heterocycles. The zero-order valence-electron chi connectivity index (χ0n) is 10.6. The lowest BCUT2D eigenvalue weighted by molar-refractivity contribution is 0.0690. The lowest BCUT2D eigenvalue weighted by Crippen LogP contribution is -2.20. The van der Waals surface area contributed by atoms with Gasteiger partial charge in [-0.25, -0.2) is 9.78 Å². The molecule has 0 saturated heterocycles. The highest BCUT2D eigenvalue weighted by atomic mass is 32.1. The van der Waals surface area contributed by atoms with Gasteiger partial charge in [0.15, 0.2) is 5.69 Å². The highest BCUT2D eigenvalue weighted by Gasteiger charge is 2.30. The molecule has 0 atom stereocenters. The van der Waals surface area contributed by atoms with Gasteiger partial charge in [0.25, 0.3) is 0 Å². The standard InChI is InChI=1S/C13H19NO2S/c1-8-10(12(15)16)14-11(17-8)9-4-6-13(2,3)7-5-9/h9H,4-7H2,1-3H3,(H,15,16). The third kappa shape index (κ3) is 2.68. The lowest BCUT2D eigenvalue weighted by Gasteiger charge is -2.33. The number of rotatable bonds is 2. The van der Waals surface area contributed by atoms with Crippen molar-refractivity contribution in [2.75, 3.05) is 0 Å². The van der Waals surface area contributed by atoms with E-state index in [1.807, 2.05) is 6.92 Å². The van der Waals surface area contributed by atoms with E-state index in [9.17, 15) is 4.79 Å². The molecule has 1 aromatic heterocycles. The van der Waals surface area contributed by atoms with Crippen molar-refractivity contribution in [1.82, 2.24) is 4.98 Å². The summed E-state index contributed by atoms with van der Waals surface area (Å²) < 4.78 is 0. The maximum atomic E-state index is 11.0. The third-order valence-electron chi connectivity index (χ3n) is 3.70. The molecule has 0 spiro atoms. The van der Waals surface area contributed by atoms with Crippen LogP contribution in [0.1, 0.15) is 65.8 Å². The summed E-state index contributed by atoms with van der Waals surface area (Å²) in [6, 6.07) is 0. The number of thiazole rings is 1. The highest BCUT2D eigenvalue weighted by Crippen LogP contribution is 2.43. The minimum atomic E-state index is -0.902.